The molecule has 144 valence electrons. The first-order valence-corrected chi connectivity index (χ1v) is 9.80. The first-order chi connectivity index (χ1) is 13.7. The number of carbonyl (C=O) groups is 1. The number of amides is 1. The summed E-state index contributed by atoms with van der Waals surface area (Å²) in [7, 11) is 0. The van der Waals surface area contributed by atoms with E-state index < -0.39 is 0 Å². The van der Waals surface area contributed by atoms with E-state index in [2.05, 4.69) is 33.2 Å². The van der Waals surface area contributed by atoms with E-state index in [1.165, 1.54) is 16.8 Å². The fourth-order valence-corrected chi connectivity index (χ4v) is 4.00. The highest BCUT2D eigenvalue weighted by Gasteiger charge is 2.25. The summed E-state index contributed by atoms with van der Waals surface area (Å²) >= 11 is 5.96. The third-order valence-corrected chi connectivity index (χ3v) is 5.56. The van der Waals surface area contributed by atoms with Crippen LogP contribution in [0.3, 0.4) is 0 Å². The number of rotatable bonds is 2. The molecule has 0 spiro atoms. The Kier molecular flexibility index (Phi) is 4.41. The molecule has 1 amide bonds. The molecule has 28 heavy (non-hydrogen) atoms. The predicted octanol–water partition coefficient (Wildman–Crippen LogP) is 2.42. The van der Waals surface area contributed by atoms with Gasteiger partial charge in [-0.1, -0.05) is 17.7 Å². The Morgan fingerprint density at radius 1 is 1.11 bits per heavy atom. The van der Waals surface area contributed by atoms with Crippen LogP contribution in [0.4, 0.5) is 5.69 Å². The lowest BCUT2D eigenvalue weighted by molar-refractivity contribution is 0.0728. The number of carbonyl (C=O) groups excluding carboxylic acids is 1. The smallest absolute Gasteiger partial charge is 0.274 e. The molecule has 0 bridgehead atoms. The molecule has 1 saturated heterocycles. The van der Waals surface area contributed by atoms with Crippen molar-refractivity contribution in [3.63, 3.8) is 0 Å². The summed E-state index contributed by atoms with van der Waals surface area (Å²) in [5, 5.41) is 4.84. The zero-order valence-electron chi connectivity index (χ0n) is 15.3. The molecule has 0 saturated carbocycles. The molecule has 2 aliphatic rings. The Morgan fingerprint density at radius 3 is 2.82 bits per heavy atom. The summed E-state index contributed by atoms with van der Waals surface area (Å²) in [5.41, 5.74) is 4.71. The number of hydrogen-bond donors (Lipinski definition) is 0. The lowest BCUT2D eigenvalue weighted by Crippen LogP contribution is -2.38. The van der Waals surface area contributed by atoms with E-state index in [9.17, 15) is 4.79 Å². The average Bonchev–Trinajstić information content (AvgIpc) is 3.16. The molecule has 5 rings (SSSR count). The Balaban J connectivity index is 1.38. The quantitative estimate of drug-likeness (QED) is 0.664. The van der Waals surface area contributed by atoms with Crippen LogP contribution in [-0.4, -0.2) is 58.3 Å². The van der Waals surface area contributed by atoms with Crippen LogP contribution in [0.15, 0.2) is 36.7 Å². The molecule has 8 heteroatoms. The van der Waals surface area contributed by atoms with E-state index >= 15 is 0 Å². The molecule has 3 aromatic rings. The van der Waals surface area contributed by atoms with Crippen molar-refractivity contribution in [3.8, 4) is 0 Å². The van der Waals surface area contributed by atoms with Gasteiger partial charge in [0, 0.05) is 44.1 Å². The van der Waals surface area contributed by atoms with Crippen LogP contribution in [0.25, 0.3) is 5.65 Å². The van der Waals surface area contributed by atoms with Gasteiger partial charge in [-0.3, -0.25) is 4.79 Å². The van der Waals surface area contributed by atoms with Crippen LogP contribution in [0.2, 0.25) is 5.02 Å². The Labute approximate surface area is 167 Å². The molecular weight excluding hydrogens is 378 g/mol. The Bertz CT molecular complexity index is 1040. The van der Waals surface area contributed by atoms with Crippen molar-refractivity contribution in [2.24, 2.45) is 0 Å². The third kappa shape index (κ3) is 3.21. The molecule has 7 nitrogen and oxygen atoms in total. The van der Waals surface area contributed by atoms with Gasteiger partial charge in [-0.25, -0.2) is 9.50 Å². The summed E-state index contributed by atoms with van der Waals surface area (Å²) in [4.78, 5) is 21.4. The maximum Gasteiger partial charge on any atom is 0.274 e. The second kappa shape index (κ2) is 7.07. The van der Waals surface area contributed by atoms with Crippen molar-refractivity contribution < 1.29 is 9.53 Å². The molecule has 4 heterocycles. The van der Waals surface area contributed by atoms with Gasteiger partial charge in [0.25, 0.3) is 5.91 Å². The minimum Gasteiger partial charge on any atom is -0.378 e. The van der Waals surface area contributed by atoms with Gasteiger partial charge in [-0.2, -0.15) is 5.10 Å². The molecule has 0 atom stereocenters. The summed E-state index contributed by atoms with van der Waals surface area (Å²) in [6, 6.07) is 8.29. The standard InChI is InChI=1S/C20H20ClN5O2/c21-16-11-22-19-10-18(23-26(19)13-16)20(27)25-4-3-14-1-2-17(9-15(14)12-25)24-5-7-28-8-6-24/h1-2,9-11,13H,3-8,12H2. The summed E-state index contributed by atoms with van der Waals surface area (Å²) < 4.78 is 6.99. The van der Waals surface area contributed by atoms with Crippen LogP contribution in [0, 0.1) is 0 Å². The monoisotopic (exact) mass is 397 g/mol. The SMILES string of the molecule is O=C(c1cc2ncc(Cl)cn2n1)N1CCc2ccc(N3CCOCC3)cc2C1. The van der Waals surface area contributed by atoms with Crippen molar-refractivity contribution in [1.29, 1.82) is 0 Å². The average molecular weight is 398 g/mol. The molecule has 0 radical (unpaired) electrons. The van der Waals surface area contributed by atoms with Gasteiger partial charge in [0.05, 0.1) is 24.4 Å². The van der Waals surface area contributed by atoms with Crippen LogP contribution in [0.1, 0.15) is 21.6 Å². The molecule has 2 aromatic heterocycles. The van der Waals surface area contributed by atoms with Crippen LogP contribution >= 0.6 is 11.6 Å². The third-order valence-electron chi connectivity index (χ3n) is 5.37. The number of hydrogen-bond acceptors (Lipinski definition) is 5. The van der Waals surface area contributed by atoms with Gasteiger partial charge in [0.15, 0.2) is 11.3 Å². The molecule has 0 unspecified atom stereocenters. The Morgan fingerprint density at radius 2 is 1.96 bits per heavy atom. The van der Waals surface area contributed by atoms with E-state index in [0.717, 1.165) is 32.7 Å². The fraction of sp³-hybridized carbons (Fsp3) is 0.350. The fourth-order valence-electron chi connectivity index (χ4n) is 3.86. The van der Waals surface area contributed by atoms with Gasteiger partial charge < -0.3 is 14.5 Å². The van der Waals surface area contributed by atoms with E-state index in [1.807, 2.05) is 4.90 Å². The second-order valence-electron chi connectivity index (χ2n) is 7.13. The van der Waals surface area contributed by atoms with Crippen molar-refractivity contribution in [1.82, 2.24) is 19.5 Å². The number of fused-ring (bicyclic) bond motifs is 2. The van der Waals surface area contributed by atoms with Gasteiger partial charge in [0.2, 0.25) is 0 Å². The van der Waals surface area contributed by atoms with E-state index in [0.29, 0.717) is 29.5 Å². The lowest BCUT2D eigenvalue weighted by atomic mass is 9.98. The van der Waals surface area contributed by atoms with Crippen molar-refractivity contribution in [2.45, 2.75) is 13.0 Å². The van der Waals surface area contributed by atoms with Crippen molar-refractivity contribution in [3.05, 3.63) is 58.5 Å². The number of morpholine rings is 1. The zero-order chi connectivity index (χ0) is 19.1. The molecule has 1 fully saturated rings. The Hall–Kier alpha value is -2.64. The van der Waals surface area contributed by atoms with Gasteiger partial charge in [0.1, 0.15) is 0 Å². The normalized spacial score (nSPS) is 17.0. The maximum absolute atomic E-state index is 13.0. The highest BCUT2D eigenvalue weighted by Crippen LogP contribution is 2.26. The van der Waals surface area contributed by atoms with Crippen molar-refractivity contribution >= 4 is 28.8 Å². The largest absolute Gasteiger partial charge is 0.378 e. The van der Waals surface area contributed by atoms with Gasteiger partial charge >= 0.3 is 0 Å². The van der Waals surface area contributed by atoms with Gasteiger partial charge in [-0.05, 0) is 29.7 Å². The molecule has 0 aliphatic carbocycles. The number of anilines is 1. The number of nitrogens with zero attached hydrogens (tertiary/aromatic N) is 5. The van der Waals surface area contributed by atoms with E-state index in [4.69, 9.17) is 16.3 Å². The van der Waals surface area contributed by atoms with Crippen molar-refractivity contribution in [2.75, 3.05) is 37.7 Å². The summed E-state index contributed by atoms with van der Waals surface area (Å²) in [5.74, 6) is -0.0796. The lowest BCUT2D eigenvalue weighted by Gasteiger charge is -2.32. The highest BCUT2D eigenvalue weighted by molar-refractivity contribution is 6.30. The summed E-state index contributed by atoms with van der Waals surface area (Å²) in [6.07, 6.45) is 4.06. The van der Waals surface area contributed by atoms with Crippen LogP contribution < -0.4 is 4.90 Å². The predicted molar refractivity (Wildman–Crippen MR) is 106 cm³/mol. The minimum atomic E-state index is -0.0796. The van der Waals surface area contributed by atoms with E-state index in [-0.39, 0.29) is 5.91 Å². The van der Waals surface area contributed by atoms with Gasteiger partial charge in [-0.15, -0.1) is 0 Å². The van der Waals surface area contributed by atoms with Crippen LogP contribution in [-0.2, 0) is 17.7 Å². The second-order valence-corrected chi connectivity index (χ2v) is 7.57. The highest BCUT2D eigenvalue weighted by atomic mass is 35.5. The minimum absolute atomic E-state index is 0.0796. The molecule has 1 aromatic carbocycles. The number of aromatic nitrogens is 3. The molecular formula is C20H20ClN5O2. The number of halogens is 1. The van der Waals surface area contributed by atoms with Crippen LogP contribution in [0.5, 0.6) is 0 Å². The topological polar surface area (TPSA) is 63.0 Å². The maximum atomic E-state index is 13.0. The van der Waals surface area contributed by atoms with E-state index in [1.54, 1.807) is 23.0 Å². The number of ether oxygens (including phenoxy) is 1. The summed E-state index contributed by atoms with van der Waals surface area (Å²) in [6.45, 7) is 4.59. The molecule has 0 N–H and O–H groups in total. The zero-order valence-corrected chi connectivity index (χ0v) is 16.1. The number of benzene rings is 1. The molecule has 2 aliphatic heterocycles. The first-order valence-electron chi connectivity index (χ1n) is 9.42. The first kappa shape index (κ1) is 17.5.